The second-order valence-electron chi connectivity index (χ2n) is 8.66. The summed E-state index contributed by atoms with van der Waals surface area (Å²) < 4.78 is 39.7. The van der Waals surface area contributed by atoms with Gasteiger partial charge in [0.25, 0.3) is 10.0 Å². The van der Waals surface area contributed by atoms with Gasteiger partial charge in [0.15, 0.2) is 12.4 Å². The molecule has 0 spiro atoms. The zero-order valence-electron chi connectivity index (χ0n) is 20.0. The van der Waals surface area contributed by atoms with E-state index in [1.807, 2.05) is 0 Å². The van der Waals surface area contributed by atoms with E-state index < -0.39 is 28.1 Å². The molecule has 0 bridgehead atoms. The van der Waals surface area contributed by atoms with Gasteiger partial charge in [-0.1, -0.05) is 24.3 Å². The van der Waals surface area contributed by atoms with Crippen LogP contribution >= 0.6 is 0 Å². The van der Waals surface area contributed by atoms with Crippen molar-refractivity contribution >= 4 is 33.8 Å². The van der Waals surface area contributed by atoms with Crippen LogP contribution in [0.25, 0.3) is 12.2 Å². The number of rotatable bonds is 8. The molecule has 0 aliphatic heterocycles. The van der Waals surface area contributed by atoms with Crippen LogP contribution in [-0.4, -0.2) is 33.6 Å². The Kier molecular flexibility index (Phi) is 7.81. The third kappa shape index (κ3) is 6.83. The van der Waals surface area contributed by atoms with Crippen LogP contribution in [0.5, 0.6) is 5.75 Å². The largest absolute Gasteiger partial charge is 0.619 e. The van der Waals surface area contributed by atoms with Gasteiger partial charge in [0.1, 0.15) is 17.9 Å². The zero-order valence-corrected chi connectivity index (χ0v) is 20.9. The third-order valence-electron chi connectivity index (χ3n) is 4.80. The number of nitrogens with zero attached hydrogens (tertiary/aromatic N) is 2. The Hall–Kier alpha value is -3.85. The molecule has 3 aromatic rings. The van der Waals surface area contributed by atoms with Gasteiger partial charge in [-0.05, 0) is 68.8 Å². The van der Waals surface area contributed by atoms with Gasteiger partial charge in [-0.2, -0.15) is 4.73 Å². The number of benzene rings is 2. The van der Waals surface area contributed by atoms with E-state index in [0.29, 0.717) is 21.6 Å². The quantitative estimate of drug-likeness (QED) is 0.265. The van der Waals surface area contributed by atoms with E-state index in [-0.39, 0.29) is 10.6 Å². The summed E-state index contributed by atoms with van der Waals surface area (Å²) in [5.41, 5.74) is 0.673. The van der Waals surface area contributed by atoms with Gasteiger partial charge < -0.3 is 14.7 Å². The van der Waals surface area contributed by atoms with Crippen molar-refractivity contribution in [3.63, 3.8) is 0 Å². The molecule has 0 atom stereocenters. The maximum Gasteiger partial charge on any atom is 0.327 e. The van der Waals surface area contributed by atoms with Crippen molar-refractivity contribution in [3.05, 3.63) is 89.4 Å². The molecule has 0 saturated heterocycles. The Balaban J connectivity index is 2.07. The summed E-state index contributed by atoms with van der Waals surface area (Å²) >= 11 is 0. The average molecular weight is 497 g/mol. The van der Waals surface area contributed by atoms with Gasteiger partial charge in [-0.15, -0.1) is 0 Å². The van der Waals surface area contributed by atoms with E-state index in [1.54, 1.807) is 69.3 Å². The number of carbonyl (C=O) groups is 1. The summed E-state index contributed by atoms with van der Waals surface area (Å²) in [5.74, 6) is -0.187. The molecule has 9 heteroatoms. The highest BCUT2D eigenvalue weighted by Crippen LogP contribution is 2.29. The number of methoxy groups -OCH3 is 1. The number of pyridine rings is 1. The lowest BCUT2D eigenvalue weighted by molar-refractivity contribution is -0.605. The van der Waals surface area contributed by atoms with Gasteiger partial charge in [-0.3, -0.25) is 9.10 Å². The van der Waals surface area contributed by atoms with Crippen molar-refractivity contribution in [3.8, 4) is 5.75 Å². The first-order chi connectivity index (χ1) is 16.5. The standard InChI is InChI=1S/C26H28N2O6S/c1-26(2,3)34-25(29)19-28(35(31,32)23-15-13-22(33-4)14-16-23)24-10-6-5-9-21(24)12-11-20-8-7-17-27(30)18-20/h5-18H,19H2,1-4H3/b12-11-. The van der Waals surface area contributed by atoms with Crippen LogP contribution in [0.1, 0.15) is 31.9 Å². The van der Waals surface area contributed by atoms with E-state index in [1.165, 1.54) is 43.8 Å². The minimum absolute atomic E-state index is 0.00361. The van der Waals surface area contributed by atoms with Crippen LogP contribution < -0.4 is 13.8 Å². The van der Waals surface area contributed by atoms with Crippen LogP contribution in [0.3, 0.4) is 0 Å². The van der Waals surface area contributed by atoms with Gasteiger partial charge in [0, 0.05) is 11.6 Å². The highest BCUT2D eigenvalue weighted by atomic mass is 32.2. The lowest BCUT2D eigenvalue weighted by Gasteiger charge is -2.27. The smallest absolute Gasteiger partial charge is 0.327 e. The van der Waals surface area contributed by atoms with Gasteiger partial charge in [-0.25, -0.2) is 8.42 Å². The number of ether oxygens (including phenoxy) is 2. The van der Waals surface area contributed by atoms with Crippen molar-refractivity contribution in [2.75, 3.05) is 18.0 Å². The fourth-order valence-corrected chi connectivity index (χ4v) is 4.71. The fourth-order valence-electron chi connectivity index (χ4n) is 3.28. The molecule has 0 amide bonds. The van der Waals surface area contributed by atoms with Crippen LogP contribution in [0.4, 0.5) is 5.69 Å². The third-order valence-corrected chi connectivity index (χ3v) is 6.57. The lowest BCUT2D eigenvalue weighted by Crippen LogP contribution is -2.39. The number of sulfonamides is 1. The fraction of sp³-hybridized carbons (Fsp3) is 0.231. The van der Waals surface area contributed by atoms with E-state index in [4.69, 9.17) is 9.47 Å². The van der Waals surface area contributed by atoms with E-state index in [2.05, 4.69) is 0 Å². The zero-order chi connectivity index (χ0) is 25.6. The number of esters is 1. The highest BCUT2D eigenvalue weighted by molar-refractivity contribution is 7.92. The number of hydrogen-bond donors (Lipinski definition) is 0. The monoisotopic (exact) mass is 496 g/mol. The molecule has 3 rings (SSSR count). The summed E-state index contributed by atoms with van der Waals surface area (Å²) in [7, 11) is -2.66. The molecule has 0 saturated carbocycles. The molecule has 1 heterocycles. The van der Waals surface area contributed by atoms with E-state index >= 15 is 0 Å². The predicted octanol–water partition coefficient (Wildman–Crippen LogP) is 4.04. The van der Waals surface area contributed by atoms with Crippen molar-refractivity contribution < 1.29 is 27.4 Å². The molecular weight excluding hydrogens is 468 g/mol. The minimum atomic E-state index is -4.15. The lowest BCUT2D eigenvalue weighted by atomic mass is 10.1. The number of hydrogen-bond acceptors (Lipinski definition) is 6. The molecule has 8 nitrogen and oxygen atoms in total. The van der Waals surface area contributed by atoms with Crippen LogP contribution in [0.2, 0.25) is 0 Å². The Morgan fingerprint density at radius 3 is 2.34 bits per heavy atom. The normalized spacial score (nSPS) is 11.9. The first-order valence-corrected chi connectivity index (χ1v) is 12.3. The summed E-state index contributed by atoms with van der Waals surface area (Å²) in [6.07, 6.45) is 6.15. The molecular formula is C26H28N2O6S. The van der Waals surface area contributed by atoms with Crippen molar-refractivity contribution in [1.29, 1.82) is 0 Å². The van der Waals surface area contributed by atoms with Crippen molar-refractivity contribution in [1.82, 2.24) is 0 Å². The Bertz CT molecular complexity index is 1310. The molecule has 0 unspecified atom stereocenters. The Labute approximate surface area is 205 Å². The molecule has 1 aromatic heterocycles. The topological polar surface area (TPSA) is 99.9 Å². The van der Waals surface area contributed by atoms with Crippen molar-refractivity contribution in [2.24, 2.45) is 0 Å². The van der Waals surface area contributed by atoms with Crippen LogP contribution in [-0.2, 0) is 19.6 Å². The SMILES string of the molecule is COc1ccc(S(=O)(=O)N(CC(=O)OC(C)(C)C)c2ccccc2/C=C\c2ccc[n+]([O-])c2)cc1. The highest BCUT2D eigenvalue weighted by Gasteiger charge is 2.30. The first kappa shape index (κ1) is 25.8. The summed E-state index contributed by atoms with van der Waals surface area (Å²) in [6.45, 7) is 4.62. The van der Waals surface area contributed by atoms with Gasteiger partial charge >= 0.3 is 5.97 Å². The molecule has 0 radical (unpaired) electrons. The minimum Gasteiger partial charge on any atom is -0.619 e. The summed E-state index contributed by atoms with van der Waals surface area (Å²) in [5, 5.41) is 11.6. The maximum absolute atomic E-state index is 13.7. The molecule has 35 heavy (non-hydrogen) atoms. The molecule has 2 aromatic carbocycles. The summed E-state index contributed by atoms with van der Waals surface area (Å²) in [6, 6.07) is 16.1. The van der Waals surface area contributed by atoms with Gasteiger partial charge in [0.2, 0.25) is 0 Å². The number of anilines is 1. The summed E-state index contributed by atoms with van der Waals surface area (Å²) in [4.78, 5) is 12.7. The van der Waals surface area contributed by atoms with E-state index in [9.17, 15) is 18.4 Å². The molecule has 0 aliphatic carbocycles. The maximum atomic E-state index is 13.7. The van der Waals surface area contributed by atoms with Gasteiger partial charge in [0.05, 0.1) is 17.7 Å². The molecule has 0 fully saturated rings. The second-order valence-corrected chi connectivity index (χ2v) is 10.5. The first-order valence-electron chi connectivity index (χ1n) is 10.8. The van der Waals surface area contributed by atoms with E-state index in [0.717, 1.165) is 4.31 Å². The van der Waals surface area contributed by atoms with Crippen LogP contribution in [0.15, 0.2) is 78.0 Å². The van der Waals surface area contributed by atoms with Crippen LogP contribution in [0, 0.1) is 5.21 Å². The van der Waals surface area contributed by atoms with Crippen molar-refractivity contribution in [2.45, 2.75) is 31.3 Å². The number of carbonyl (C=O) groups excluding carboxylic acids is 1. The second kappa shape index (κ2) is 10.6. The Morgan fingerprint density at radius 1 is 1.03 bits per heavy atom. The average Bonchev–Trinajstić information content (AvgIpc) is 2.80. The number of aromatic nitrogens is 1. The predicted molar refractivity (Wildman–Crippen MR) is 134 cm³/mol. The Morgan fingerprint density at radius 2 is 1.71 bits per heavy atom. The molecule has 184 valence electrons. The molecule has 0 aliphatic rings. The molecule has 0 N–H and O–H groups in total. The number of para-hydroxylation sites is 1.